The number of benzene rings is 2. The lowest BCUT2D eigenvalue weighted by molar-refractivity contribution is -0.139. The summed E-state index contributed by atoms with van der Waals surface area (Å²) in [6.45, 7) is 1.51. The van der Waals surface area contributed by atoms with Gasteiger partial charge in [-0.15, -0.1) is 0 Å². The molecule has 1 aliphatic carbocycles. The SMILES string of the molecule is COc1ccc(C2=NN(CCCCCCNCC(O)c3ccc(O)c(CO)c3)C(=O)[C@H]3CCCC[C@@H]23)cc1OC. The first-order valence-corrected chi connectivity index (χ1v) is 14.4. The van der Waals surface area contributed by atoms with Gasteiger partial charge < -0.3 is 30.1 Å². The van der Waals surface area contributed by atoms with Crippen LogP contribution in [0.25, 0.3) is 0 Å². The largest absolute Gasteiger partial charge is 0.508 e. The first kappa shape index (κ1) is 29.8. The van der Waals surface area contributed by atoms with Gasteiger partial charge in [-0.2, -0.15) is 5.10 Å². The van der Waals surface area contributed by atoms with E-state index >= 15 is 0 Å². The first-order chi connectivity index (χ1) is 19.5. The van der Waals surface area contributed by atoms with E-state index in [1.807, 2.05) is 18.2 Å². The third kappa shape index (κ3) is 7.13. The Balaban J connectivity index is 1.26. The molecule has 1 unspecified atom stereocenters. The lowest BCUT2D eigenvalue weighted by Gasteiger charge is -2.38. The number of aliphatic hydroxyl groups excluding tert-OH is 2. The van der Waals surface area contributed by atoms with Gasteiger partial charge >= 0.3 is 0 Å². The summed E-state index contributed by atoms with van der Waals surface area (Å²) in [5.74, 6) is 1.66. The number of methoxy groups -OCH3 is 2. The Bertz CT molecular complexity index is 1170. The van der Waals surface area contributed by atoms with Gasteiger partial charge in [0, 0.05) is 36.1 Å². The summed E-state index contributed by atoms with van der Waals surface area (Å²) >= 11 is 0. The molecular weight excluding hydrogens is 510 g/mol. The van der Waals surface area contributed by atoms with E-state index in [1.54, 1.807) is 31.4 Å². The molecule has 1 heterocycles. The van der Waals surface area contributed by atoms with Crippen LogP contribution in [-0.4, -0.2) is 65.8 Å². The number of fused-ring (bicyclic) bond motifs is 1. The summed E-state index contributed by atoms with van der Waals surface area (Å²) in [5, 5.41) is 39.3. The standard InChI is InChI=1S/C31H43N3O6/c1-39-28-14-12-22(18-29(28)40-2)30-24-9-5-6-10-25(24)31(38)34(33-30)16-8-4-3-7-15-32-19-27(37)21-11-13-26(36)23(17-21)20-35/h11-14,17-18,24-25,27,32,35-37H,3-10,15-16,19-20H2,1-2H3/t24-,25+,27?/m1/s1. The number of rotatable bonds is 14. The Hall–Kier alpha value is -3.14. The molecule has 1 saturated carbocycles. The monoisotopic (exact) mass is 553 g/mol. The molecule has 4 rings (SSSR count). The van der Waals surface area contributed by atoms with Crippen molar-refractivity contribution in [1.82, 2.24) is 10.3 Å². The number of ether oxygens (including phenoxy) is 2. The van der Waals surface area contributed by atoms with Crippen LogP contribution in [0.3, 0.4) is 0 Å². The minimum atomic E-state index is -0.711. The number of phenols is 1. The molecule has 40 heavy (non-hydrogen) atoms. The van der Waals surface area contributed by atoms with Crippen LogP contribution in [-0.2, 0) is 11.4 Å². The summed E-state index contributed by atoms with van der Waals surface area (Å²) in [5.41, 5.74) is 3.03. The molecule has 2 aromatic carbocycles. The summed E-state index contributed by atoms with van der Waals surface area (Å²) < 4.78 is 10.9. The lowest BCUT2D eigenvalue weighted by atomic mass is 9.73. The van der Waals surface area contributed by atoms with Crippen LogP contribution < -0.4 is 14.8 Å². The molecule has 0 bridgehead atoms. The zero-order chi connectivity index (χ0) is 28.5. The van der Waals surface area contributed by atoms with Gasteiger partial charge in [0.2, 0.25) is 5.91 Å². The highest BCUT2D eigenvalue weighted by Gasteiger charge is 2.41. The Morgan fingerprint density at radius 3 is 2.50 bits per heavy atom. The molecule has 0 radical (unpaired) electrons. The molecule has 9 nitrogen and oxygen atoms in total. The van der Waals surface area contributed by atoms with E-state index in [-0.39, 0.29) is 30.1 Å². The van der Waals surface area contributed by atoms with E-state index in [0.717, 1.165) is 69.2 Å². The van der Waals surface area contributed by atoms with Gasteiger partial charge in [-0.05, 0) is 68.1 Å². The Morgan fingerprint density at radius 2 is 1.75 bits per heavy atom. The van der Waals surface area contributed by atoms with Gasteiger partial charge in [-0.3, -0.25) is 4.79 Å². The predicted octanol–water partition coefficient (Wildman–Crippen LogP) is 4.14. The highest BCUT2D eigenvalue weighted by Crippen LogP contribution is 2.39. The maximum atomic E-state index is 13.3. The number of carbonyl (C=O) groups excluding carboxylic acids is 1. The van der Waals surface area contributed by atoms with E-state index in [2.05, 4.69) is 5.32 Å². The zero-order valence-electron chi connectivity index (χ0n) is 23.6. The van der Waals surface area contributed by atoms with Crippen molar-refractivity contribution in [1.29, 1.82) is 0 Å². The topological polar surface area (TPSA) is 124 Å². The van der Waals surface area contributed by atoms with Crippen molar-refractivity contribution in [2.45, 2.75) is 64.1 Å². The Morgan fingerprint density at radius 1 is 1.00 bits per heavy atom. The highest BCUT2D eigenvalue weighted by atomic mass is 16.5. The number of unbranched alkanes of at least 4 members (excludes halogenated alkanes) is 3. The summed E-state index contributed by atoms with van der Waals surface area (Å²) in [6, 6.07) is 10.7. The lowest BCUT2D eigenvalue weighted by Crippen LogP contribution is -2.46. The fourth-order valence-electron chi connectivity index (χ4n) is 5.79. The van der Waals surface area contributed by atoms with E-state index in [4.69, 9.17) is 14.6 Å². The first-order valence-electron chi connectivity index (χ1n) is 14.4. The third-order valence-electron chi connectivity index (χ3n) is 8.07. The fourth-order valence-corrected chi connectivity index (χ4v) is 5.79. The number of aromatic hydroxyl groups is 1. The minimum Gasteiger partial charge on any atom is -0.508 e. The molecule has 218 valence electrons. The van der Waals surface area contributed by atoms with Gasteiger partial charge in [0.25, 0.3) is 0 Å². The fraction of sp³-hybridized carbons (Fsp3) is 0.548. The second-order valence-electron chi connectivity index (χ2n) is 10.7. The molecule has 3 atom stereocenters. The van der Waals surface area contributed by atoms with Crippen LogP contribution in [0.4, 0.5) is 0 Å². The molecule has 9 heteroatoms. The average molecular weight is 554 g/mol. The predicted molar refractivity (Wildman–Crippen MR) is 154 cm³/mol. The van der Waals surface area contributed by atoms with Crippen molar-refractivity contribution in [3.8, 4) is 17.2 Å². The smallest absolute Gasteiger partial charge is 0.246 e. The number of nitrogens with zero attached hydrogens (tertiary/aromatic N) is 2. The van der Waals surface area contributed by atoms with Gasteiger partial charge in [-0.1, -0.05) is 31.7 Å². The molecule has 2 aliphatic rings. The number of nitrogens with one attached hydrogen (secondary N) is 1. The van der Waals surface area contributed by atoms with Crippen LogP contribution in [0.2, 0.25) is 0 Å². The van der Waals surface area contributed by atoms with Crippen molar-refractivity contribution >= 4 is 11.6 Å². The number of carbonyl (C=O) groups is 1. The second kappa shape index (κ2) is 14.5. The Labute approximate surface area is 236 Å². The third-order valence-corrected chi connectivity index (χ3v) is 8.07. The van der Waals surface area contributed by atoms with Crippen molar-refractivity contribution in [2.75, 3.05) is 33.9 Å². The van der Waals surface area contributed by atoms with Crippen molar-refractivity contribution in [3.05, 3.63) is 53.1 Å². The van der Waals surface area contributed by atoms with E-state index < -0.39 is 6.10 Å². The van der Waals surface area contributed by atoms with Crippen molar-refractivity contribution in [3.63, 3.8) is 0 Å². The van der Waals surface area contributed by atoms with Crippen LogP contribution in [0, 0.1) is 11.8 Å². The van der Waals surface area contributed by atoms with Crippen molar-refractivity contribution < 1.29 is 29.6 Å². The van der Waals surface area contributed by atoms with E-state index in [9.17, 15) is 20.1 Å². The van der Waals surface area contributed by atoms with Crippen LogP contribution >= 0.6 is 0 Å². The van der Waals surface area contributed by atoms with E-state index in [1.165, 1.54) is 6.07 Å². The highest BCUT2D eigenvalue weighted by molar-refractivity contribution is 6.07. The van der Waals surface area contributed by atoms with Crippen molar-refractivity contribution in [2.24, 2.45) is 16.9 Å². The molecule has 0 saturated heterocycles. The second-order valence-corrected chi connectivity index (χ2v) is 10.7. The maximum absolute atomic E-state index is 13.3. The van der Waals surface area contributed by atoms with Crippen LogP contribution in [0.5, 0.6) is 17.2 Å². The minimum absolute atomic E-state index is 0.00740. The van der Waals surface area contributed by atoms with Gasteiger partial charge in [-0.25, -0.2) is 5.01 Å². The van der Waals surface area contributed by atoms with Gasteiger partial charge in [0.1, 0.15) is 5.75 Å². The number of hydrazone groups is 1. The quantitative estimate of drug-likeness (QED) is 0.259. The van der Waals surface area contributed by atoms with Gasteiger partial charge in [0.05, 0.1) is 32.6 Å². The Kier molecular flexibility index (Phi) is 10.8. The molecule has 1 amide bonds. The van der Waals surface area contributed by atoms with E-state index in [0.29, 0.717) is 35.7 Å². The number of amides is 1. The molecule has 1 aliphatic heterocycles. The summed E-state index contributed by atoms with van der Waals surface area (Å²) in [6.07, 6.45) is 7.22. The summed E-state index contributed by atoms with van der Waals surface area (Å²) in [4.78, 5) is 13.3. The zero-order valence-corrected chi connectivity index (χ0v) is 23.6. The van der Waals surface area contributed by atoms with Crippen LogP contribution in [0.15, 0.2) is 41.5 Å². The number of hydrogen-bond acceptors (Lipinski definition) is 8. The maximum Gasteiger partial charge on any atom is 0.246 e. The molecule has 2 aromatic rings. The average Bonchev–Trinajstić information content (AvgIpc) is 2.99. The molecule has 1 fully saturated rings. The van der Waals surface area contributed by atoms with Crippen LogP contribution in [0.1, 0.15) is 74.2 Å². The summed E-state index contributed by atoms with van der Waals surface area (Å²) in [7, 11) is 3.25. The normalized spacial score (nSPS) is 19.6. The molecule has 0 spiro atoms. The number of hydrogen-bond donors (Lipinski definition) is 4. The van der Waals surface area contributed by atoms with Gasteiger partial charge in [0.15, 0.2) is 11.5 Å². The molecule has 0 aromatic heterocycles. The number of aliphatic hydroxyl groups is 2. The molecular formula is C31H43N3O6. The molecule has 4 N–H and O–H groups in total.